The quantitative estimate of drug-likeness (QED) is 0.616. The van der Waals surface area contributed by atoms with Gasteiger partial charge in [0, 0.05) is 30.5 Å². The smallest absolute Gasteiger partial charge is 0.335 e. The lowest BCUT2D eigenvalue weighted by atomic mass is 10.2. The Morgan fingerprint density at radius 3 is 2.38 bits per heavy atom. The van der Waals surface area contributed by atoms with Gasteiger partial charge in [-0.15, -0.1) is 0 Å². The Bertz CT molecular complexity index is 1280. The molecule has 1 aliphatic heterocycles. The van der Waals surface area contributed by atoms with E-state index in [0.29, 0.717) is 39.9 Å². The van der Waals surface area contributed by atoms with E-state index in [1.54, 1.807) is 47.4 Å². The highest BCUT2D eigenvalue weighted by Gasteiger charge is 2.19. The van der Waals surface area contributed by atoms with Crippen LogP contribution < -0.4 is 21.5 Å². The fourth-order valence-corrected chi connectivity index (χ4v) is 4.04. The second-order valence-electron chi connectivity index (χ2n) is 7.41. The van der Waals surface area contributed by atoms with Crippen LogP contribution in [0.5, 0.6) is 0 Å². The monoisotopic (exact) mass is 471 g/mol. The van der Waals surface area contributed by atoms with E-state index in [-0.39, 0.29) is 19.0 Å². The van der Waals surface area contributed by atoms with E-state index in [1.165, 1.54) is 10.8 Å². The molecule has 0 saturated carbocycles. The van der Waals surface area contributed by atoms with E-state index in [9.17, 15) is 14.4 Å². The van der Waals surface area contributed by atoms with Crippen LogP contribution in [0.15, 0.2) is 58.3 Å². The van der Waals surface area contributed by atoms with Gasteiger partial charge in [-0.1, -0.05) is 35.3 Å². The minimum absolute atomic E-state index is 0.0169. The summed E-state index contributed by atoms with van der Waals surface area (Å²) < 4.78 is 2.53. The molecule has 32 heavy (non-hydrogen) atoms. The van der Waals surface area contributed by atoms with Gasteiger partial charge in [-0.3, -0.25) is 18.8 Å². The Balaban J connectivity index is 1.75. The summed E-state index contributed by atoms with van der Waals surface area (Å²) in [6, 6.07) is 12.0. The zero-order chi connectivity index (χ0) is 22.8. The number of anilines is 1. The van der Waals surface area contributed by atoms with E-state index < -0.39 is 11.2 Å². The van der Waals surface area contributed by atoms with Gasteiger partial charge in [0.15, 0.2) is 0 Å². The number of amides is 2. The Labute approximate surface area is 194 Å². The summed E-state index contributed by atoms with van der Waals surface area (Å²) in [5.74, 6) is 0. The molecule has 9 heteroatoms. The zero-order valence-electron chi connectivity index (χ0n) is 17.2. The van der Waals surface area contributed by atoms with Gasteiger partial charge in [0.25, 0.3) is 5.56 Å². The molecule has 7 nitrogen and oxygen atoms in total. The van der Waals surface area contributed by atoms with Crippen LogP contribution in [0.3, 0.4) is 0 Å². The van der Waals surface area contributed by atoms with Crippen LogP contribution >= 0.6 is 23.2 Å². The molecular formula is C23H21Cl2N4O3. The van der Waals surface area contributed by atoms with Crippen LogP contribution in [0.1, 0.15) is 17.5 Å². The maximum absolute atomic E-state index is 13.3. The third-order valence-corrected chi connectivity index (χ3v) is 6.25. The number of carbonyl (C=O) groups is 1. The van der Waals surface area contributed by atoms with Crippen LogP contribution in [-0.2, 0) is 13.0 Å². The number of hydrogen-bond donors (Lipinski definition) is 1. The van der Waals surface area contributed by atoms with Crippen molar-refractivity contribution < 1.29 is 4.79 Å². The fraction of sp³-hybridized carbons (Fsp3) is 0.217. The van der Waals surface area contributed by atoms with Crippen LogP contribution in [0.25, 0.3) is 5.69 Å². The molecule has 0 unspecified atom stereocenters. The SMILES string of the molecule is [CH2]Cc1cn(-c2ccc(N3CCCNC3=O)cc2)c(=O)n(Cc2cccc(Cl)c2Cl)c1=O. The van der Waals surface area contributed by atoms with E-state index in [2.05, 4.69) is 12.2 Å². The first-order valence-corrected chi connectivity index (χ1v) is 10.9. The van der Waals surface area contributed by atoms with Gasteiger partial charge in [-0.2, -0.15) is 0 Å². The number of halogens is 2. The fourth-order valence-electron chi connectivity index (χ4n) is 3.66. The lowest BCUT2D eigenvalue weighted by molar-refractivity contribution is 0.243. The predicted octanol–water partition coefficient (Wildman–Crippen LogP) is 3.65. The van der Waals surface area contributed by atoms with Crippen molar-refractivity contribution >= 4 is 34.9 Å². The van der Waals surface area contributed by atoms with Crippen molar-refractivity contribution in [2.45, 2.75) is 19.4 Å². The number of aromatic nitrogens is 2. The molecule has 1 saturated heterocycles. The Morgan fingerprint density at radius 1 is 0.969 bits per heavy atom. The zero-order valence-corrected chi connectivity index (χ0v) is 18.7. The standard InChI is InChI=1S/C23H21Cl2N4O3/c1-2-15-13-28(18-9-7-17(8-10-18)27-12-4-11-26-22(27)31)23(32)29(21(15)30)14-16-5-3-6-19(24)20(16)25/h3,5-10,13H,1-2,4,11-12,14H2,(H,26,31). The molecule has 1 fully saturated rings. The molecule has 2 amide bonds. The minimum atomic E-state index is -0.508. The van der Waals surface area contributed by atoms with Gasteiger partial charge < -0.3 is 5.32 Å². The number of rotatable bonds is 5. The summed E-state index contributed by atoms with van der Waals surface area (Å²) in [7, 11) is 0. The maximum Gasteiger partial charge on any atom is 0.335 e. The molecule has 1 radical (unpaired) electrons. The molecule has 1 aliphatic rings. The predicted molar refractivity (Wildman–Crippen MR) is 126 cm³/mol. The third kappa shape index (κ3) is 4.18. The number of urea groups is 1. The van der Waals surface area contributed by atoms with Crippen LogP contribution in [0.2, 0.25) is 10.0 Å². The van der Waals surface area contributed by atoms with Gasteiger partial charge in [-0.05, 0) is 55.7 Å². The second kappa shape index (κ2) is 9.22. The average molecular weight is 472 g/mol. The molecular weight excluding hydrogens is 451 g/mol. The summed E-state index contributed by atoms with van der Waals surface area (Å²) in [4.78, 5) is 39.9. The van der Waals surface area contributed by atoms with E-state index in [4.69, 9.17) is 23.2 Å². The number of nitrogens with zero attached hydrogens (tertiary/aromatic N) is 3. The van der Waals surface area contributed by atoms with Crippen molar-refractivity contribution in [2.24, 2.45) is 0 Å². The molecule has 0 aliphatic carbocycles. The maximum atomic E-state index is 13.3. The number of carbonyl (C=O) groups excluding carboxylic acids is 1. The number of nitrogens with one attached hydrogen (secondary N) is 1. The topological polar surface area (TPSA) is 76.3 Å². The van der Waals surface area contributed by atoms with Crippen LogP contribution in [0.4, 0.5) is 10.5 Å². The Morgan fingerprint density at radius 2 is 1.69 bits per heavy atom. The van der Waals surface area contributed by atoms with Crippen molar-refractivity contribution in [3.63, 3.8) is 0 Å². The number of hydrogen-bond acceptors (Lipinski definition) is 3. The van der Waals surface area contributed by atoms with Gasteiger partial charge in [0.2, 0.25) is 0 Å². The van der Waals surface area contributed by atoms with E-state index in [0.717, 1.165) is 16.7 Å². The van der Waals surface area contributed by atoms with Crippen molar-refractivity contribution in [1.29, 1.82) is 0 Å². The lowest BCUT2D eigenvalue weighted by Crippen LogP contribution is -2.46. The molecule has 2 heterocycles. The van der Waals surface area contributed by atoms with Crippen LogP contribution in [0, 0.1) is 6.92 Å². The Hall–Kier alpha value is -3.03. The highest BCUT2D eigenvalue weighted by molar-refractivity contribution is 6.42. The van der Waals surface area contributed by atoms with Crippen molar-refractivity contribution in [2.75, 3.05) is 18.0 Å². The third-order valence-electron chi connectivity index (χ3n) is 5.39. The van der Waals surface area contributed by atoms with Gasteiger partial charge >= 0.3 is 11.7 Å². The molecule has 165 valence electrons. The first-order chi connectivity index (χ1) is 15.4. The van der Waals surface area contributed by atoms with E-state index in [1.807, 2.05) is 0 Å². The van der Waals surface area contributed by atoms with Gasteiger partial charge in [-0.25, -0.2) is 9.59 Å². The van der Waals surface area contributed by atoms with Crippen molar-refractivity contribution in [1.82, 2.24) is 14.5 Å². The van der Waals surface area contributed by atoms with Gasteiger partial charge in [0.1, 0.15) is 0 Å². The molecule has 3 aromatic rings. The normalized spacial score (nSPS) is 13.8. The van der Waals surface area contributed by atoms with Crippen molar-refractivity contribution in [3.8, 4) is 5.69 Å². The molecule has 0 spiro atoms. The van der Waals surface area contributed by atoms with Crippen molar-refractivity contribution in [3.05, 3.63) is 97.6 Å². The summed E-state index contributed by atoms with van der Waals surface area (Å²) in [6.07, 6.45) is 2.58. The molecule has 1 N–H and O–H groups in total. The highest BCUT2D eigenvalue weighted by atomic mass is 35.5. The molecule has 0 bridgehead atoms. The molecule has 4 rings (SSSR count). The first-order valence-electron chi connectivity index (χ1n) is 10.1. The minimum Gasteiger partial charge on any atom is -0.338 e. The number of benzene rings is 2. The highest BCUT2D eigenvalue weighted by Crippen LogP contribution is 2.25. The molecule has 2 aromatic carbocycles. The summed E-state index contributed by atoms with van der Waals surface area (Å²) in [5.41, 5.74) is 1.33. The largest absolute Gasteiger partial charge is 0.338 e. The first kappa shape index (κ1) is 22.2. The molecule has 0 atom stereocenters. The second-order valence-corrected chi connectivity index (χ2v) is 8.20. The van der Waals surface area contributed by atoms with Crippen LogP contribution in [-0.4, -0.2) is 28.3 Å². The Kier molecular flexibility index (Phi) is 6.39. The molecule has 1 aromatic heterocycles. The van der Waals surface area contributed by atoms with E-state index >= 15 is 0 Å². The average Bonchev–Trinajstić information content (AvgIpc) is 2.80. The summed E-state index contributed by atoms with van der Waals surface area (Å²) in [6.45, 7) is 5.09. The van der Waals surface area contributed by atoms with Gasteiger partial charge in [0.05, 0.1) is 22.3 Å². The summed E-state index contributed by atoms with van der Waals surface area (Å²) in [5, 5.41) is 3.47. The summed E-state index contributed by atoms with van der Waals surface area (Å²) >= 11 is 12.4. The lowest BCUT2D eigenvalue weighted by Gasteiger charge is -2.27.